The third-order valence-corrected chi connectivity index (χ3v) is 4.98. The van der Waals surface area contributed by atoms with Gasteiger partial charge in [0.15, 0.2) is 5.78 Å². The first-order valence-corrected chi connectivity index (χ1v) is 9.50. The van der Waals surface area contributed by atoms with Crippen LogP contribution in [0.5, 0.6) is 0 Å². The SMILES string of the molecule is Cc1cccc(CCn2c(=O)c3ccccc3n(CC(=O)C(C)(C)C)c2=O)c1. The van der Waals surface area contributed by atoms with Gasteiger partial charge >= 0.3 is 5.69 Å². The van der Waals surface area contributed by atoms with Crippen molar-refractivity contribution in [2.45, 2.75) is 47.2 Å². The van der Waals surface area contributed by atoms with Gasteiger partial charge in [0.2, 0.25) is 0 Å². The van der Waals surface area contributed by atoms with E-state index in [-0.39, 0.29) is 24.4 Å². The number of rotatable bonds is 5. The molecule has 0 aliphatic carbocycles. The third-order valence-electron chi connectivity index (χ3n) is 4.98. The number of carbonyl (C=O) groups excluding carboxylic acids is 1. The summed E-state index contributed by atoms with van der Waals surface area (Å²) in [7, 11) is 0. The number of aryl methyl sites for hydroxylation is 2. The Morgan fingerprint density at radius 2 is 1.68 bits per heavy atom. The first-order chi connectivity index (χ1) is 13.2. The monoisotopic (exact) mass is 378 g/mol. The second kappa shape index (κ2) is 7.58. The average Bonchev–Trinajstić information content (AvgIpc) is 2.64. The van der Waals surface area contributed by atoms with Gasteiger partial charge in [0, 0.05) is 12.0 Å². The summed E-state index contributed by atoms with van der Waals surface area (Å²) in [6.45, 7) is 7.73. The minimum absolute atomic E-state index is 0.0480. The van der Waals surface area contributed by atoms with Crippen molar-refractivity contribution in [2.24, 2.45) is 5.41 Å². The molecule has 0 N–H and O–H groups in total. The molecule has 0 aliphatic rings. The van der Waals surface area contributed by atoms with E-state index in [4.69, 9.17) is 0 Å². The van der Waals surface area contributed by atoms with Crippen LogP contribution in [0.4, 0.5) is 0 Å². The first kappa shape index (κ1) is 19.8. The zero-order chi connectivity index (χ0) is 20.5. The minimum atomic E-state index is -0.566. The van der Waals surface area contributed by atoms with Gasteiger partial charge in [0.1, 0.15) is 0 Å². The van der Waals surface area contributed by atoms with Crippen LogP contribution < -0.4 is 11.2 Å². The highest BCUT2D eigenvalue weighted by Gasteiger charge is 2.23. The Kier molecular flexibility index (Phi) is 5.36. The van der Waals surface area contributed by atoms with Crippen molar-refractivity contribution in [3.05, 3.63) is 80.5 Å². The van der Waals surface area contributed by atoms with E-state index in [1.165, 1.54) is 9.13 Å². The fraction of sp³-hybridized carbons (Fsp3) is 0.348. The maximum absolute atomic E-state index is 13.1. The Labute approximate surface area is 164 Å². The molecule has 0 saturated heterocycles. The molecule has 0 saturated carbocycles. The van der Waals surface area contributed by atoms with Crippen molar-refractivity contribution in [2.75, 3.05) is 0 Å². The summed E-state index contributed by atoms with van der Waals surface area (Å²) in [6.07, 6.45) is 0.572. The molecule has 0 unspecified atom stereocenters. The summed E-state index contributed by atoms with van der Waals surface area (Å²) in [6, 6.07) is 15.0. The van der Waals surface area contributed by atoms with Gasteiger partial charge in [-0.05, 0) is 31.0 Å². The number of ketones is 1. The second-order valence-corrected chi connectivity index (χ2v) is 8.25. The van der Waals surface area contributed by atoms with Crippen LogP contribution in [0, 0.1) is 12.3 Å². The van der Waals surface area contributed by atoms with Crippen LogP contribution in [-0.4, -0.2) is 14.9 Å². The molecule has 0 amide bonds. The molecular weight excluding hydrogens is 352 g/mol. The lowest BCUT2D eigenvalue weighted by molar-refractivity contribution is -0.126. The molecule has 5 nitrogen and oxygen atoms in total. The predicted molar refractivity (Wildman–Crippen MR) is 112 cm³/mol. The van der Waals surface area contributed by atoms with Gasteiger partial charge in [0.05, 0.1) is 17.4 Å². The van der Waals surface area contributed by atoms with Crippen molar-refractivity contribution in [3.8, 4) is 0 Å². The molecule has 0 fully saturated rings. The third kappa shape index (κ3) is 3.98. The molecular formula is C23H26N2O3. The van der Waals surface area contributed by atoms with E-state index in [1.807, 2.05) is 52.0 Å². The molecule has 0 bridgehead atoms. The van der Waals surface area contributed by atoms with Crippen molar-refractivity contribution in [1.82, 2.24) is 9.13 Å². The lowest BCUT2D eigenvalue weighted by Crippen LogP contribution is -2.42. The molecule has 1 heterocycles. The molecule has 5 heteroatoms. The maximum Gasteiger partial charge on any atom is 0.331 e. The average molecular weight is 378 g/mol. The normalized spacial score (nSPS) is 11.7. The number of para-hydroxylation sites is 1. The summed E-state index contributed by atoms with van der Waals surface area (Å²) >= 11 is 0. The molecule has 3 rings (SSSR count). The van der Waals surface area contributed by atoms with E-state index in [2.05, 4.69) is 0 Å². The van der Waals surface area contributed by atoms with Crippen LogP contribution in [0.15, 0.2) is 58.1 Å². The van der Waals surface area contributed by atoms with Crippen LogP contribution in [0.3, 0.4) is 0 Å². The largest absolute Gasteiger partial charge is 0.331 e. The molecule has 28 heavy (non-hydrogen) atoms. The van der Waals surface area contributed by atoms with Crippen molar-refractivity contribution >= 4 is 16.7 Å². The van der Waals surface area contributed by atoms with Crippen LogP contribution in [0.2, 0.25) is 0 Å². The number of hydrogen-bond donors (Lipinski definition) is 0. The van der Waals surface area contributed by atoms with E-state index in [0.717, 1.165) is 11.1 Å². The number of carbonyl (C=O) groups is 1. The molecule has 0 atom stereocenters. The topological polar surface area (TPSA) is 61.1 Å². The standard InChI is InChI=1S/C23H26N2O3/c1-16-8-7-9-17(14-16)12-13-24-21(27)18-10-5-6-11-19(18)25(22(24)28)15-20(26)23(2,3)4/h5-11,14H,12-13,15H2,1-4H3. The molecule has 146 valence electrons. The number of aromatic nitrogens is 2. The summed E-state index contributed by atoms with van der Waals surface area (Å²) in [5, 5.41) is 0.452. The Balaban J connectivity index is 2.09. The Hall–Kier alpha value is -2.95. The predicted octanol–water partition coefficient (Wildman–Crippen LogP) is 3.33. The summed E-state index contributed by atoms with van der Waals surface area (Å²) in [5.74, 6) is -0.0522. The quantitative estimate of drug-likeness (QED) is 0.684. The van der Waals surface area contributed by atoms with E-state index in [0.29, 0.717) is 17.3 Å². The smallest absolute Gasteiger partial charge is 0.297 e. The molecule has 3 aromatic rings. The van der Waals surface area contributed by atoms with Crippen molar-refractivity contribution < 1.29 is 4.79 Å². The zero-order valence-electron chi connectivity index (χ0n) is 16.9. The summed E-state index contributed by atoms with van der Waals surface area (Å²) in [4.78, 5) is 38.7. The van der Waals surface area contributed by atoms with E-state index >= 15 is 0 Å². The Morgan fingerprint density at radius 1 is 0.964 bits per heavy atom. The van der Waals surface area contributed by atoms with Crippen LogP contribution >= 0.6 is 0 Å². The van der Waals surface area contributed by atoms with Crippen LogP contribution in [0.25, 0.3) is 10.9 Å². The van der Waals surface area contributed by atoms with E-state index in [1.54, 1.807) is 24.3 Å². The molecule has 0 spiro atoms. The van der Waals surface area contributed by atoms with Gasteiger partial charge in [-0.1, -0.05) is 62.7 Å². The molecule has 1 aromatic heterocycles. The number of fused-ring (bicyclic) bond motifs is 1. The highest BCUT2D eigenvalue weighted by molar-refractivity contribution is 5.85. The fourth-order valence-electron chi connectivity index (χ4n) is 3.21. The van der Waals surface area contributed by atoms with Crippen LogP contribution in [-0.2, 0) is 24.3 Å². The molecule has 0 aliphatic heterocycles. The van der Waals surface area contributed by atoms with Gasteiger partial charge in [-0.25, -0.2) is 4.79 Å². The fourth-order valence-corrected chi connectivity index (χ4v) is 3.21. The van der Waals surface area contributed by atoms with Gasteiger partial charge in [-0.2, -0.15) is 0 Å². The number of benzene rings is 2. The zero-order valence-corrected chi connectivity index (χ0v) is 16.9. The van der Waals surface area contributed by atoms with E-state index in [9.17, 15) is 14.4 Å². The maximum atomic E-state index is 13.1. The van der Waals surface area contributed by atoms with Crippen LogP contribution in [0.1, 0.15) is 31.9 Å². The number of hydrogen-bond acceptors (Lipinski definition) is 3. The van der Waals surface area contributed by atoms with Crippen molar-refractivity contribution in [3.63, 3.8) is 0 Å². The van der Waals surface area contributed by atoms with Crippen molar-refractivity contribution in [1.29, 1.82) is 0 Å². The van der Waals surface area contributed by atoms with Gasteiger partial charge in [-0.3, -0.25) is 18.7 Å². The van der Waals surface area contributed by atoms with Gasteiger partial charge < -0.3 is 0 Å². The Morgan fingerprint density at radius 3 is 2.36 bits per heavy atom. The number of Topliss-reactive ketones (excluding diaryl/α,β-unsaturated/α-hetero) is 1. The number of nitrogens with zero attached hydrogens (tertiary/aromatic N) is 2. The lowest BCUT2D eigenvalue weighted by Gasteiger charge is -2.19. The summed E-state index contributed by atoms with van der Waals surface area (Å²) < 4.78 is 2.68. The highest BCUT2D eigenvalue weighted by Crippen LogP contribution is 2.17. The Bertz CT molecular complexity index is 1150. The summed E-state index contributed by atoms with van der Waals surface area (Å²) in [5.41, 5.74) is 1.39. The van der Waals surface area contributed by atoms with E-state index < -0.39 is 11.1 Å². The van der Waals surface area contributed by atoms with Gasteiger partial charge in [-0.15, -0.1) is 0 Å². The highest BCUT2D eigenvalue weighted by atomic mass is 16.2. The second-order valence-electron chi connectivity index (χ2n) is 8.25. The molecule has 2 aromatic carbocycles. The first-order valence-electron chi connectivity index (χ1n) is 9.50. The molecule has 0 radical (unpaired) electrons. The lowest BCUT2D eigenvalue weighted by atomic mass is 9.91. The minimum Gasteiger partial charge on any atom is -0.297 e. The van der Waals surface area contributed by atoms with Gasteiger partial charge in [0.25, 0.3) is 5.56 Å².